The topological polar surface area (TPSA) is 64.0 Å². The SMILES string of the molecule is CCC(C)NC(=O)CCCn1nc(-c2ccccc2)ccc1=O. The number of rotatable bonds is 7. The van der Waals surface area contributed by atoms with Crippen molar-refractivity contribution < 1.29 is 4.79 Å². The number of benzene rings is 1. The molecule has 0 bridgehead atoms. The van der Waals surface area contributed by atoms with Crippen LogP contribution in [0.15, 0.2) is 47.3 Å². The predicted octanol–water partition coefficient (Wildman–Crippen LogP) is 2.61. The van der Waals surface area contributed by atoms with Gasteiger partial charge in [-0.25, -0.2) is 4.68 Å². The molecule has 23 heavy (non-hydrogen) atoms. The summed E-state index contributed by atoms with van der Waals surface area (Å²) in [5.41, 5.74) is 1.58. The number of nitrogens with zero attached hydrogens (tertiary/aromatic N) is 2. The molecule has 0 spiro atoms. The fraction of sp³-hybridized carbons (Fsp3) is 0.389. The molecule has 0 radical (unpaired) electrons. The average molecular weight is 313 g/mol. The van der Waals surface area contributed by atoms with Crippen LogP contribution in [0.2, 0.25) is 0 Å². The molecule has 1 atom stereocenters. The van der Waals surface area contributed by atoms with Crippen molar-refractivity contribution in [2.45, 2.75) is 45.7 Å². The summed E-state index contributed by atoms with van der Waals surface area (Å²) in [5, 5.41) is 7.31. The molecule has 0 aliphatic rings. The molecule has 0 aliphatic carbocycles. The second-order valence-electron chi connectivity index (χ2n) is 5.63. The molecule has 0 saturated heterocycles. The largest absolute Gasteiger partial charge is 0.354 e. The minimum atomic E-state index is -0.146. The zero-order valence-corrected chi connectivity index (χ0v) is 13.7. The van der Waals surface area contributed by atoms with Gasteiger partial charge >= 0.3 is 0 Å². The number of aryl methyl sites for hydroxylation is 1. The van der Waals surface area contributed by atoms with E-state index in [-0.39, 0.29) is 17.5 Å². The van der Waals surface area contributed by atoms with Crippen molar-refractivity contribution in [1.29, 1.82) is 0 Å². The lowest BCUT2D eigenvalue weighted by Gasteiger charge is -2.11. The van der Waals surface area contributed by atoms with E-state index in [1.807, 2.05) is 44.2 Å². The van der Waals surface area contributed by atoms with Crippen LogP contribution in [0.5, 0.6) is 0 Å². The van der Waals surface area contributed by atoms with Gasteiger partial charge in [-0.3, -0.25) is 9.59 Å². The van der Waals surface area contributed by atoms with Gasteiger partial charge in [-0.15, -0.1) is 0 Å². The van der Waals surface area contributed by atoms with Crippen LogP contribution in [0, 0.1) is 0 Å². The number of nitrogens with one attached hydrogen (secondary N) is 1. The lowest BCUT2D eigenvalue weighted by molar-refractivity contribution is -0.121. The molecule has 1 amide bonds. The van der Waals surface area contributed by atoms with Crippen LogP contribution < -0.4 is 10.9 Å². The van der Waals surface area contributed by atoms with Crippen molar-refractivity contribution in [3.05, 3.63) is 52.8 Å². The van der Waals surface area contributed by atoms with E-state index in [0.29, 0.717) is 19.4 Å². The summed E-state index contributed by atoms with van der Waals surface area (Å²) in [6, 6.07) is 13.2. The average Bonchev–Trinajstić information content (AvgIpc) is 2.57. The predicted molar refractivity (Wildman–Crippen MR) is 91.1 cm³/mol. The molecule has 122 valence electrons. The Kier molecular flexibility index (Phi) is 6.09. The summed E-state index contributed by atoms with van der Waals surface area (Å²) in [4.78, 5) is 23.7. The van der Waals surface area contributed by atoms with Gasteiger partial charge < -0.3 is 5.32 Å². The smallest absolute Gasteiger partial charge is 0.266 e. The minimum absolute atomic E-state index is 0.0200. The second kappa shape index (κ2) is 8.27. The summed E-state index contributed by atoms with van der Waals surface area (Å²) in [5.74, 6) is 0.0200. The first-order valence-corrected chi connectivity index (χ1v) is 8.03. The zero-order valence-electron chi connectivity index (χ0n) is 13.7. The zero-order chi connectivity index (χ0) is 16.7. The third-order valence-electron chi connectivity index (χ3n) is 3.73. The van der Waals surface area contributed by atoms with Crippen molar-refractivity contribution >= 4 is 5.91 Å². The molecular weight excluding hydrogens is 290 g/mol. The van der Waals surface area contributed by atoms with Gasteiger partial charge in [0.05, 0.1) is 5.69 Å². The van der Waals surface area contributed by atoms with Gasteiger partial charge in [0.25, 0.3) is 5.56 Å². The Bertz CT molecular complexity index is 695. The van der Waals surface area contributed by atoms with Gasteiger partial charge in [0.15, 0.2) is 0 Å². The Morgan fingerprint density at radius 1 is 1.22 bits per heavy atom. The highest BCUT2D eigenvalue weighted by molar-refractivity contribution is 5.76. The maximum atomic E-state index is 11.9. The molecule has 0 saturated carbocycles. The molecule has 1 aromatic heterocycles. The Morgan fingerprint density at radius 3 is 2.65 bits per heavy atom. The van der Waals surface area contributed by atoms with Gasteiger partial charge in [0.2, 0.25) is 5.91 Å². The third kappa shape index (κ3) is 5.06. The van der Waals surface area contributed by atoms with Gasteiger partial charge in [0, 0.05) is 30.6 Å². The molecule has 5 nitrogen and oxygen atoms in total. The highest BCUT2D eigenvalue weighted by atomic mass is 16.1. The van der Waals surface area contributed by atoms with E-state index in [1.165, 1.54) is 10.7 Å². The summed E-state index contributed by atoms with van der Waals surface area (Å²) in [6.45, 7) is 4.45. The summed E-state index contributed by atoms with van der Waals surface area (Å²) < 4.78 is 1.43. The van der Waals surface area contributed by atoms with Gasteiger partial charge in [-0.2, -0.15) is 5.10 Å². The van der Waals surface area contributed by atoms with Crippen molar-refractivity contribution in [3.8, 4) is 11.3 Å². The van der Waals surface area contributed by atoms with Crippen molar-refractivity contribution in [2.24, 2.45) is 0 Å². The van der Waals surface area contributed by atoms with E-state index in [4.69, 9.17) is 0 Å². The molecule has 2 aromatic rings. The van der Waals surface area contributed by atoms with Gasteiger partial charge in [-0.1, -0.05) is 37.3 Å². The van der Waals surface area contributed by atoms with Crippen LogP contribution in [0.1, 0.15) is 33.1 Å². The molecule has 1 unspecified atom stereocenters. The van der Waals surface area contributed by atoms with Crippen molar-refractivity contribution in [3.63, 3.8) is 0 Å². The second-order valence-corrected chi connectivity index (χ2v) is 5.63. The lowest BCUT2D eigenvalue weighted by atomic mass is 10.1. The van der Waals surface area contributed by atoms with Crippen LogP contribution in [0.4, 0.5) is 0 Å². The fourth-order valence-electron chi connectivity index (χ4n) is 2.21. The van der Waals surface area contributed by atoms with E-state index in [0.717, 1.165) is 17.7 Å². The number of hydrogen-bond donors (Lipinski definition) is 1. The number of aromatic nitrogens is 2. The highest BCUT2D eigenvalue weighted by Gasteiger charge is 2.07. The number of amides is 1. The van der Waals surface area contributed by atoms with Crippen LogP contribution in [-0.2, 0) is 11.3 Å². The van der Waals surface area contributed by atoms with Crippen LogP contribution in [-0.4, -0.2) is 21.7 Å². The maximum Gasteiger partial charge on any atom is 0.266 e. The monoisotopic (exact) mass is 313 g/mol. The molecule has 1 heterocycles. The van der Waals surface area contributed by atoms with E-state index in [2.05, 4.69) is 10.4 Å². The molecular formula is C18H23N3O2. The molecule has 0 aliphatic heterocycles. The van der Waals surface area contributed by atoms with Gasteiger partial charge in [0.1, 0.15) is 0 Å². The van der Waals surface area contributed by atoms with E-state index < -0.39 is 0 Å². The Morgan fingerprint density at radius 2 is 1.96 bits per heavy atom. The van der Waals surface area contributed by atoms with E-state index in [9.17, 15) is 9.59 Å². The highest BCUT2D eigenvalue weighted by Crippen LogP contribution is 2.14. The van der Waals surface area contributed by atoms with Crippen LogP contribution in [0.3, 0.4) is 0 Å². The van der Waals surface area contributed by atoms with Crippen LogP contribution >= 0.6 is 0 Å². The number of hydrogen-bond acceptors (Lipinski definition) is 3. The Hall–Kier alpha value is -2.43. The Balaban J connectivity index is 1.98. The molecule has 2 rings (SSSR count). The lowest BCUT2D eigenvalue weighted by Crippen LogP contribution is -2.32. The first-order chi connectivity index (χ1) is 11.1. The number of carbonyl (C=O) groups excluding carboxylic acids is 1. The maximum absolute atomic E-state index is 11.9. The standard InChI is InChI=1S/C18H23N3O2/c1-3-14(2)19-17(22)10-7-13-21-18(23)12-11-16(20-21)15-8-5-4-6-9-15/h4-6,8-9,11-12,14H,3,7,10,13H2,1-2H3,(H,19,22). The van der Waals surface area contributed by atoms with Crippen molar-refractivity contribution in [2.75, 3.05) is 0 Å². The summed E-state index contributed by atoms with van der Waals surface area (Å²) in [6.07, 6.45) is 1.90. The molecule has 0 fully saturated rings. The molecule has 5 heteroatoms. The Labute approximate surface area is 136 Å². The van der Waals surface area contributed by atoms with E-state index in [1.54, 1.807) is 6.07 Å². The normalized spacial score (nSPS) is 11.9. The number of carbonyl (C=O) groups is 1. The minimum Gasteiger partial charge on any atom is -0.354 e. The first-order valence-electron chi connectivity index (χ1n) is 8.03. The molecule has 1 N–H and O–H groups in total. The summed E-state index contributed by atoms with van der Waals surface area (Å²) >= 11 is 0. The molecule has 1 aromatic carbocycles. The van der Waals surface area contributed by atoms with Gasteiger partial charge in [-0.05, 0) is 25.8 Å². The first kappa shape index (κ1) is 16.9. The van der Waals surface area contributed by atoms with E-state index >= 15 is 0 Å². The fourth-order valence-corrected chi connectivity index (χ4v) is 2.21. The quantitative estimate of drug-likeness (QED) is 0.854. The summed E-state index contributed by atoms with van der Waals surface area (Å²) in [7, 11) is 0. The van der Waals surface area contributed by atoms with Crippen LogP contribution in [0.25, 0.3) is 11.3 Å². The third-order valence-corrected chi connectivity index (χ3v) is 3.73. The van der Waals surface area contributed by atoms with Crippen molar-refractivity contribution in [1.82, 2.24) is 15.1 Å².